The summed E-state index contributed by atoms with van der Waals surface area (Å²) in [5, 5.41) is 0. The Morgan fingerprint density at radius 1 is 1.25 bits per heavy atom. The molecule has 0 fully saturated rings. The monoisotopic (exact) mass is 300 g/mol. The lowest BCUT2D eigenvalue weighted by molar-refractivity contribution is -0.139. The van der Waals surface area contributed by atoms with Crippen LogP contribution in [0.25, 0.3) is 0 Å². The van der Waals surface area contributed by atoms with Crippen LogP contribution >= 0.6 is 31.9 Å². The highest BCUT2D eigenvalue weighted by Crippen LogP contribution is 2.18. The van der Waals surface area contributed by atoms with Crippen molar-refractivity contribution in [3.8, 4) is 0 Å². The van der Waals surface area contributed by atoms with Crippen molar-refractivity contribution >= 4 is 37.8 Å². The van der Waals surface area contributed by atoms with Crippen LogP contribution in [-0.4, -0.2) is 26.3 Å². The number of carbonyl (C=O) groups is 1. The second-order valence-electron chi connectivity index (χ2n) is 2.02. The molecule has 5 heteroatoms. The molecule has 0 radical (unpaired) electrons. The van der Waals surface area contributed by atoms with Gasteiger partial charge in [-0.25, -0.2) is 0 Å². The fourth-order valence-corrected chi connectivity index (χ4v) is 1.02. The Labute approximate surface area is 88.4 Å². The molecule has 0 aliphatic rings. The van der Waals surface area contributed by atoms with Crippen LogP contribution in [0.4, 0.5) is 0 Å². The maximum atomic E-state index is 10.4. The van der Waals surface area contributed by atoms with E-state index in [9.17, 15) is 4.79 Å². The van der Waals surface area contributed by atoms with Crippen molar-refractivity contribution < 1.29 is 14.3 Å². The smallest absolute Gasteiger partial charge is 0.302 e. The van der Waals surface area contributed by atoms with E-state index in [1.807, 2.05) is 0 Å². The van der Waals surface area contributed by atoms with Gasteiger partial charge in [0, 0.05) is 23.0 Å². The summed E-state index contributed by atoms with van der Waals surface area (Å²) in [7, 11) is 1.59. The fraction of sp³-hybridized carbons (Fsp3) is 0.571. The third-order valence-electron chi connectivity index (χ3n) is 0.968. The highest BCUT2D eigenvalue weighted by molar-refractivity contribution is 9.14. The SMILES string of the molecule is COC/C(Br)=C(/Br)COC(C)=O. The highest BCUT2D eigenvalue weighted by Gasteiger charge is 2.02. The maximum Gasteiger partial charge on any atom is 0.302 e. The Morgan fingerprint density at radius 3 is 2.17 bits per heavy atom. The van der Waals surface area contributed by atoms with E-state index in [4.69, 9.17) is 9.47 Å². The Hall–Kier alpha value is 0.130. The van der Waals surface area contributed by atoms with E-state index in [2.05, 4.69) is 31.9 Å². The first-order chi connectivity index (χ1) is 5.57. The molecule has 0 spiro atoms. The number of hydrogen-bond acceptors (Lipinski definition) is 3. The number of rotatable bonds is 4. The molecule has 0 aromatic rings. The molecular formula is C7H10Br2O3. The van der Waals surface area contributed by atoms with Crippen molar-refractivity contribution in [1.29, 1.82) is 0 Å². The Morgan fingerprint density at radius 2 is 1.75 bits per heavy atom. The van der Waals surface area contributed by atoms with Gasteiger partial charge < -0.3 is 9.47 Å². The average Bonchev–Trinajstić information content (AvgIpc) is 2.00. The zero-order chi connectivity index (χ0) is 9.56. The predicted molar refractivity (Wildman–Crippen MR) is 53.4 cm³/mol. The lowest BCUT2D eigenvalue weighted by Gasteiger charge is -2.03. The summed E-state index contributed by atoms with van der Waals surface area (Å²) in [6.07, 6.45) is 0. The molecule has 0 heterocycles. The first-order valence-corrected chi connectivity index (χ1v) is 4.81. The molecule has 0 aliphatic carbocycles. The molecule has 0 aromatic heterocycles. The zero-order valence-electron chi connectivity index (χ0n) is 6.89. The standard InChI is InChI=1S/C7H10Br2O3/c1-5(10)12-4-7(9)6(8)3-11-2/h3-4H2,1-2H3/b7-6-. The molecule has 70 valence electrons. The number of ether oxygens (including phenoxy) is 2. The van der Waals surface area contributed by atoms with Crippen LogP contribution < -0.4 is 0 Å². The molecule has 12 heavy (non-hydrogen) atoms. The molecule has 0 amide bonds. The first-order valence-electron chi connectivity index (χ1n) is 3.23. The van der Waals surface area contributed by atoms with Gasteiger partial charge in [0.25, 0.3) is 0 Å². The minimum absolute atomic E-state index is 0.235. The van der Waals surface area contributed by atoms with E-state index in [1.165, 1.54) is 6.92 Å². The summed E-state index contributed by atoms with van der Waals surface area (Å²) in [4.78, 5) is 10.4. The van der Waals surface area contributed by atoms with Gasteiger partial charge in [-0.15, -0.1) is 0 Å². The molecule has 0 aliphatic heterocycles. The molecular weight excluding hydrogens is 292 g/mol. The minimum Gasteiger partial charge on any atom is -0.460 e. The number of hydrogen-bond donors (Lipinski definition) is 0. The number of esters is 1. The van der Waals surface area contributed by atoms with Gasteiger partial charge in [0.1, 0.15) is 6.61 Å². The van der Waals surface area contributed by atoms with Crippen LogP contribution in [0.5, 0.6) is 0 Å². The van der Waals surface area contributed by atoms with Crippen molar-refractivity contribution in [3.05, 3.63) is 8.96 Å². The van der Waals surface area contributed by atoms with Crippen LogP contribution in [0.1, 0.15) is 6.92 Å². The summed E-state index contributed by atoms with van der Waals surface area (Å²) in [6, 6.07) is 0. The molecule has 0 unspecified atom stereocenters. The van der Waals surface area contributed by atoms with Gasteiger partial charge in [0.15, 0.2) is 0 Å². The number of carbonyl (C=O) groups excluding carboxylic acids is 1. The van der Waals surface area contributed by atoms with E-state index in [-0.39, 0.29) is 12.6 Å². The van der Waals surface area contributed by atoms with Crippen LogP contribution in [0.3, 0.4) is 0 Å². The van der Waals surface area contributed by atoms with E-state index >= 15 is 0 Å². The van der Waals surface area contributed by atoms with Gasteiger partial charge in [-0.2, -0.15) is 0 Å². The van der Waals surface area contributed by atoms with Crippen LogP contribution in [-0.2, 0) is 14.3 Å². The van der Waals surface area contributed by atoms with E-state index in [0.717, 1.165) is 8.96 Å². The van der Waals surface area contributed by atoms with Gasteiger partial charge in [-0.1, -0.05) is 31.9 Å². The first kappa shape index (κ1) is 12.1. The van der Waals surface area contributed by atoms with Crippen molar-refractivity contribution in [3.63, 3.8) is 0 Å². The largest absolute Gasteiger partial charge is 0.460 e. The van der Waals surface area contributed by atoms with Gasteiger partial charge in [0.05, 0.1) is 6.61 Å². The molecule has 0 atom stereocenters. The zero-order valence-corrected chi connectivity index (χ0v) is 10.1. The van der Waals surface area contributed by atoms with Gasteiger partial charge in [-0.3, -0.25) is 4.79 Å². The Balaban J connectivity index is 3.89. The number of methoxy groups -OCH3 is 1. The lowest BCUT2D eigenvalue weighted by atomic mass is 10.5. The molecule has 0 rings (SSSR count). The third kappa shape index (κ3) is 5.74. The molecule has 0 aromatic carbocycles. The Bertz CT molecular complexity index is 189. The molecule has 3 nitrogen and oxygen atoms in total. The predicted octanol–water partition coefficient (Wildman–Crippen LogP) is 2.20. The summed E-state index contributed by atoms with van der Waals surface area (Å²) in [6.45, 7) is 2.06. The number of halogens is 2. The molecule has 0 saturated heterocycles. The summed E-state index contributed by atoms with van der Waals surface area (Å²) >= 11 is 6.52. The van der Waals surface area contributed by atoms with Gasteiger partial charge in [-0.05, 0) is 0 Å². The molecule has 0 bridgehead atoms. The summed E-state index contributed by atoms with van der Waals surface area (Å²) in [5.74, 6) is -0.301. The van der Waals surface area contributed by atoms with Crippen LogP contribution in [0.15, 0.2) is 8.96 Å². The van der Waals surface area contributed by atoms with Crippen LogP contribution in [0.2, 0.25) is 0 Å². The second kappa shape index (κ2) is 6.62. The summed E-state index contributed by atoms with van der Waals surface area (Å²) in [5.41, 5.74) is 0. The normalized spacial score (nSPS) is 12.3. The van der Waals surface area contributed by atoms with E-state index in [1.54, 1.807) is 7.11 Å². The van der Waals surface area contributed by atoms with E-state index < -0.39 is 0 Å². The van der Waals surface area contributed by atoms with Crippen molar-refractivity contribution in [1.82, 2.24) is 0 Å². The quantitative estimate of drug-likeness (QED) is 0.747. The van der Waals surface area contributed by atoms with Crippen molar-refractivity contribution in [2.75, 3.05) is 20.3 Å². The lowest BCUT2D eigenvalue weighted by Crippen LogP contribution is -2.02. The summed E-state index contributed by atoms with van der Waals surface area (Å²) < 4.78 is 11.2. The van der Waals surface area contributed by atoms with Gasteiger partial charge in [0.2, 0.25) is 0 Å². The van der Waals surface area contributed by atoms with Crippen LogP contribution in [0, 0.1) is 0 Å². The Kier molecular flexibility index (Phi) is 6.70. The minimum atomic E-state index is -0.301. The highest BCUT2D eigenvalue weighted by atomic mass is 79.9. The van der Waals surface area contributed by atoms with Crippen molar-refractivity contribution in [2.45, 2.75) is 6.92 Å². The topological polar surface area (TPSA) is 35.5 Å². The second-order valence-corrected chi connectivity index (χ2v) is 3.94. The van der Waals surface area contributed by atoms with Gasteiger partial charge >= 0.3 is 5.97 Å². The molecule has 0 saturated carbocycles. The fourth-order valence-electron chi connectivity index (χ4n) is 0.448. The maximum absolute atomic E-state index is 10.4. The van der Waals surface area contributed by atoms with E-state index in [0.29, 0.717) is 6.61 Å². The van der Waals surface area contributed by atoms with Crippen molar-refractivity contribution in [2.24, 2.45) is 0 Å². The molecule has 0 N–H and O–H groups in total. The average molecular weight is 302 g/mol. The third-order valence-corrected chi connectivity index (χ3v) is 2.91.